The number of hydrogen-bond donors (Lipinski definition) is 1. The second kappa shape index (κ2) is 5.28. The van der Waals surface area contributed by atoms with Gasteiger partial charge in [0.15, 0.2) is 0 Å². The highest BCUT2D eigenvalue weighted by molar-refractivity contribution is 5.31. The van der Waals surface area contributed by atoms with Crippen molar-refractivity contribution in [3.05, 3.63) is 54.4 Å². The molecule has 2 N–H and O–H groups in total. The predicted molar refractivity (Wildman–Crippen MR) is 63.5 cm³/mol. The number of ether oxygens (including phenoxy) is 1. The van der Waals surface area contributed by atoms with E-state index in [0.29, 0.717) is 6.54 Å². The van der Waals surface area contributed by atoms with Gasteiger partial charge in [-0.15, -0.1) is 0 Å². The van der Waals surface area contributed by atoms with Crippen LogP contribution in [0.1, 0.15) is 5.56 Å². The van der Waals surface area contributed by atoms with E-state index in [4.69, 9.17) is 10.5 Å². The van der Waals surface area contributed by atoms with Crippen molar-refractivity contribution in [2.75, 3.05) is 6.54 Å². The summed E-state index contributed by atoms with van der Waals surface area (Å²) in [7, 11) is 0. The van der Waals surface area contributed by atoms with E-state index in [2.05, 4.69) is 4.98 Å². The topological polar surface area (TPSA) is 48.1 Å². The first kappa shape index (κ1) is 10.6. The molecule has 0 aliphatic rings. The van der Waals surface area contributed by atoms with Gasteiger partial charge in [0.25, 0.3) is 0 Å². The number of benzene rings is 1. The number of aromatic nitrogens is 1. The second-order valence-corrected chi connectivity index (χ2v) is 3.47. The van der Waals surface area contributed by atoms with Gasteiger partial charge in [-0.3, -0.25) is 4.98 Å². The summed E-state index contributed by atoms with van der Waals surface area (Å²) in [4.78, 5) is 3.99. The van der Waals surface area contributed by atoms with Gasteiger partial charge in [0.1, 0.15) is 11.5 Å². The van der Waals surface area contributed by atoms with Crippen LogP contribution < -0.4 is 10.5 Å². The van der Waals surface area contributed by atoms with Gasteiger partial charge >= 0.3 is 0 Å². The number of nitrogens with zero attached hydrogens (tertiary/aromatic N) is 1. The van der Waals surface area contributed by atoms with Crippen LogP contribution in [0, 0.1) is 0 Å². The molecule has 0 saturated heterocycles. The van der Waals surface area contributed by atoms with Crippen LogP contribution in [0.25, 0.3) is 0 Å². The standard InChI is InChI=1S/C13H14N2O/c14-8-7-11-3-5-12(6-4-11)16-13-2-1-9-15-10-13/h1-6,9-10H,7-8,14H2. The fraction of sp³-hybridized carbons (Fsp3) is 0.154. The molecule has 1 heterocycles. The number of nitrogens with two attached hydrogens (primary N) is 1. The van der Waals surface area contributed by atoms with Crippen molar-refractivity contribution in [1.82, 2.24) is 4.98 Å². The number of hydrogen-bond acceptors (Lipinski definition) is 3. The van der Waals surface area contributed by atoms with Gasteiger partial charge < -0.3 is 10.5 Å². The lowest BCUT2D eigenvalue weighted by Gasteiger charge is -2.05. The Balaban J connectivity index is 2.05. The van der Waals surface area contributed by atoms with E-state index in [-0.39, 0.29) is 0 Å². The van der Waals surface area contributed by atoms with Gasteiger partial charge in [0.05, 0.1) is 6.20 Å². The summed E-state index contributed by atoms with van der Waals surface area (Å²) in [6, 6.07) is 11.7. The molecule has 0 atom stereocenters. The van der Waals surface area contributed by atoms with Crippen molar-refractivity contribution < 1.29 is 4.74 Å². The molecule has 0 aliphatic heterocycles. The van der Waals surface area contributed by atoms with Gasteiger partial charge in [-0.05, 0) is 42.8 Å². The molecule has 2 rings (SSSR count). The van der Waals surface area contributed by atoms with Gasteiger partial charge in [-0.25, -0.2) is 0 Å². The molecule has 0 fully saturated rings. The first-order valence-corrected chi connectivity index (χ1v) is 5.25. The molecular formula is C13H14N2O. The average molecular weight is 214 g/mol. The molecule has 0 amide bonds. The molecule has 1 aromatic carbocycles. The number of pyridine rings is 1. The van der Waals surface area contributed by atoms with Crippen LogP contribution in [0.5, 0.6) is 11.5 Å². The average Bonchev–Trinajstić information content (AvgIpc) is 2.33. The van der Waals surface area contributed by atoms with Crippen LogP contribution in [-0.2, 0) is 6.42 Å². The van der Waals surface area contributed by atoms with Crippen LogP contribution in [0.4, 0.5) is 0 Å². The molecule has 3 nitrogen and oxygen atoms in total. The van der Waals surface area contributed by atoms with Crippen molar-refractivity contribution in [2.24, 2.45) is 5.73 Å². The lowest BCUT2D eigenvalue weighted by molar-refractivity contribution is 0.480. The lowest BCUT2D eigenvalue weighted by Crippen LogP contribution is -2.02. The molecule has 0 saturated carbocycles. The van der Waals surface area contributed by atoms with Crippen molar-refractivity contribution >= 4 is 0 Å². The zero-order chi connectivity index (χ0) is 11.2. The van der Waals surface area contributed by atoms with Gasteiger partial charge in [-0.1, -0.05) is 12.1 Å². The summed E-state index contributed by atoms with van der Waals surface area (Å²) in [5, 5.41) is 0. The quantitative estimate of drug-likeness (QED) is 0.850. The largest absolute Gasteiger partial charge is 0.456 e. The zero-order valence-corrected chi connectivity index (χ0v) is 8.97. The Morgan fingerprint density at radius 3 is 2.50 bits per heavy atom. The van der Waals surface area contributed by atoms with Crippen LogP contribution in [0.15, 0.2) is 48.8 Å². The van der Waals surface area contributed by atoms with E-state index in [1.54, 1.807) is 12.4 Å². The maximum absolute atomic E-state index is 5.62. The predicted octanol–water partition coefficient (Wildman–Crippen LogP) is 2.38. The Hall–Kier alpha value is -1.87. The minimum atomic E-state index is 0.669. The van der Waals surface area contributed by atoms with Crippen LogP contribution in [0.3, 0.4) is 0 Å². The van der Waals surface area contributed by atoms with E-state index in [0.717, 1.165) is 17.9 Å². The van der Waals surface area contributed by atoms with Gasteiger partial charge in [0, 0.05) is 6.20 Å². The summed E-state index contributed by atoms with van der Waals surface area (Å²) in [6.07, 6.45) is 4.30. The van der Waals surface area contributed by atoms with Crippen LogP contribution in [0.2, 0.25) is 0 Å². The minimum Gasteiger partial charge on any atom is -0.456 e. The molecule has 82 valence electrons. The monoisotopic (exact) mass is 214 g/mol. The molecule has 3 heteroatoms. The van der Waals surface area contributed by atoms with Crippen LogP contribution in [-0.4, -0.2) is 11.5 Å². The fourth-order valence-corrected chi connectivity index (χ4v) is 1.43. The molecule has 16 heavy (non-hydrogen) atoms. The minimum absolute atomic E-state index is 0.669. The first-order valence-electron chi connectivity index (χ1n) is 5.25. The van der Waals surface area contributed by atoms with Crippen LogP contribution >= 0.6 is 0 Å². The van der Waals surface area contributed by atoms with E-state index >= 15 is 0 Å². The normalized spacial score (nSPS) is 10.1. The molecule has 0 spiro atoms. The summed E-state index contributed by atoms with van der Waals surface area (Å²) < 4.78 is 5.62. The maximum atomic E-state index is 5.62. The van der Waals surface area contributed by atoms with E-state index in [1.807, 2.05) is 36.4 Å². The Labute approximate surface area is 94.9 Å². The van der Waals surface area contributed by atoms with Crippen molar-refractivity contribution in [3.8, 4) is 11.5 Å². The Morgan fingerprint density at radius 1 is 1.06 bits per heavy atom. The third kappa shape index (κ3) is 2.81. The number of rotatable bonds is 4. The van der Waals surface area contributed by atoms with Crippen molar-refractivity contribution in [1.29, 1.82) is 0 Å². The maximum Gasteiger partial charge on any atom is 0.145 e. The molecule has 0 radical (unpaired) electrons. The van der Waals surface area contributed by atoms with Crippen molar-refractivity contribution in [3.63, 3.8) is 0 Å². The third-order valence-corrected chi connectivity index (χ3v) is 2.23. The lowest BCUT2D eigenvalue weighted by atomic mass is 10.1. The SMILES string of the molecule is NCCc1ccc(Oc2cccnc2)cc1. The van der Waals surface area contributed by atoms with E-state index in [9.17, 15) is 0 Å². The van der Waals surface area contributed by atoms with E-state index < -0.39 is 0 Å². The molecule has 2 aromatic rings. The van der Waals surface area contributed by atoms with Gasteiger partial charge in [0.2, 0.25) is 0 Å². The van der Waals surface area contributed by atoms with Gasteiger partial charge in [-0.2, -0.15) is 0 Å². The molecule has 0 unspecified atom stereocenters. The summed E-state index contributed by atoms with van der Waals surface area (Å²) >= 11 is 0. The van der Waals surface area contributed by atoms with E-state index in [1.165, 1.54) is 5.56 Å². The van der Waals surface area contributed by atoms with Crippen molar-refractivity contribution in [2.45, 2.75) is 6.42 Å². The Morgan fingerprint density at radius 2 is 1.88 bits per heavy atom. The highest BCUT2D eigenvalue weighted by Crippen LogP contribution is 2.20. The molecule has 0 bridgehead atoms. The smallest absolute Gasteiger partial charge is 0.145 e. The molecular weight excluding hydrogens is 200 g/mol. The highest BCUT2D eigenvalue weighted by Gasteiger charge is 1.97. The Kier molecular flexibility index (Phi) is 3.51. The second-order valence-electron chi connectivity index (χ2n) is 3.47. The summed E-state index contributed by atoms with van der Waals surface area (Å²) in [6.45, 7) is 0.669. The fourth-order valence-electron chi connectivity index (χ4n) is 1.43. The third-order valence-electron chi connectivity index (χ3n) is 2.23. The molecule has 1 aromatic heterocycles. The highest BCUT2D eigenvalue weighted by atomic mass is 16.5. The summed E-state index contributed by atoms with van der Waals surface area (Å²) in [5.41, 5.74) is 6.71. The first-order chi connectivity index (χ1) is 7.88. The Bertz CT molecular complexity index is 425. The molecule has 0 aliphatic carbocycles. The summed E-state index contributed by atoms with van der Waals surface area (Å²) in [5.74, 6) is 1.56. The zero-order valence-electron chi connectivity index (χ0n) is 8.97.